The molecular formula is C11H17NO3. The van der Waals surface area contributed by atoms with E-state index in [1.165, 1.54) is 7.11 Å². The summed E-state index contributed by atoms with van der Waals surface area (Å²) >= 11 is 0. The first kappa shape index (κ1) is 10.5. The molecule has 2 rings (SSSR count). The van der Waals surface area contributed by atoms with Crippen molar-refractivity contribution in [3.8, 4) is 0 Å². The molecule has 0 N–H and O–H groups in total. The molecule has 0 aromatic rings. The predicted octanol–water partition coefficient (Wildman–Crippen LogP) is 0.950. The van der Waals surface area contributed by atoms with Crippen molar-refractivity contribution in [1.29, 1.82) is 0 Å². The third-order valence-electron chi connectivity index (χ3n) is 3.46. The SMILES string of the molecule is COC(=O)C1CCCN1C(=O)C1CCC1. The number of methoxy groups -OCH3 is 1. The molecule has 0 bridgehead atoms. The molecule has 0 radical (unpaired) electrons. The van der Waals surface area contributed by atoms with Gasteiger partial charge in [0, 0.05) is 12.5 Å². The molecule has 1 atom stereocenters. The maximum atomic E-state index is 12.0. The van der Waals surface area contributed by atoms with Crippen LogP contribution in [0.15, 0.2) is 0 Å². The lowest BCUT2D eigenvalue weighted by Crippen LogP contribution is -2.45. The number of carbonyl (C=O) groups is 2. The first-order valence-corrected chi connectivity index (χ1v) is 5.62. The summed E-state index contributed by atoms with van der Waals surface area (Å²) < 4.78 is 4.71. The lowest BCUT2D eigenvalue weighted by atomic mass is 9.84. The van der Waals surface area contributed by atoms with Crippen LogP contribution in [0.25, 0.3) is 0 Å². The van der Waals surface area contributed by atoms with Gasteiger partial charge in [-0.2, -0.15) is 0 Å². The molecule has 4 nitrogen and oxygen atoms in total. The van der Waals surface area contributed by atoms with E-state index in [0.29, 0.717) is 0 Å². The number of esters is 1. The van der Waals surface area contributed by atoms with Gasteiger partial charge >= 0.3 is 5.97 Å². The number of amides is 1. The molecule has 1 saturated heterocycles. The fraction of sp³-hybridized carbons (Fsp3) is 0.818. The third-order valence-corrected chi connectivity index (χ3v) is 3.46. The molecule has 0 aromatic heterocycles. The number of hydrogen-bond acceptors (Lipinski definition) is 3. The van der Waals surface area contributed by atoms with Crippen molar-refractivity contribution in [2.45, 2.75) is 38.1 Å². The van der Waals surface area contributed by atoms with Crippen molar-refractivity contribution < 1.29 is 14.3 Å². The summed E-state index contributed by atoms with van der Waals surface area (Å²) in [7, 11) is 1.38. The average molecular weight is 211 g/mol. The minimum Gasteiger partial charge on any atom is -0.467 e. The summed E-state index contributed by atoms with van der Waals surface area (Å²) in [6, 6.07) is -0.317. The molecule has 2 aliphatic rings. The van der Waals surface area contributed by atoms with E-state index in [9.17, 15) is 9.59 Å². The molecule has 1 saturated carbocycles. The van der Waals surface area contributed by atoms with E-state index in [0.717, 1.165) is 38.6 Å². The lowest BCUT2D eigenvalue weighted by Gasteiger charge is -2.31. The molecule has 1 heterocycles. The Morgan fingerprint density at radius 2 is 1.93 bits per heavy atom. The highest BCUT2D eigenvalue weighted by Gasteiger charge is 2.39. The average Bonchev–Trinajstić information content (AvgIpc) is 2.62. The van der Waals surface area contributed by atoms with Gasteiger partial charge in [-0.05, 0) is 25.7 Å². The Bertz CT molecular complexity index is 273. The third kappa shape index (κ3) is 1.85. The Hall–Kier alpha value is -1.06. The molecule has 15 heavy (non-hydrogen) atoms. The van der Waals surface area contributed by atoms with Crippen LogP contribution >= 0.6 is 0 Å². The molecular weight excluding hydrogens is 194 g/mol. The number of carbonyl (C=O) groups excluding carboxylic acids is 2. The van der Waals surface area contributed by atoms with Crippen molar-refractivity contribution in [3.63, 3.8) is 0 Å². The number of likely N-dealkylation sites (tertiary alicyclic amines) is 1. The van der Waals surface area contributed by atoms with Gasteiger partial charge in [-0.25, -0.2) is 4.79 Å². The summed E-state index contributed by atoms with van der Waals surface area (Å²) in [5.41, 5.74) is 0. The smallest absolute Gasteiger partial charge is 0.328 e. The summed E-state index contributed by atoms with van der Waals surface area (Å²) in [4.78, 5) is 25.1. The van der Waals surface area contributed by atoms with E-state index in [4.69, 9.17) is 4.74 Å². The Morgan fingerprint density at radius 3 is 2.47 bits per heavy atom. The number of hydrogen-bond donors (Lipinski definition) is 0. The Kier molecular flexibility index (Phi) is 2.93. The van der Waals surface area contributed by atoms with Crippen LogP contribution in [0.3, 0.4) is 0 Å². The first-order valence-electron chi connectivity index (χ1n) is 5.62. The van der Waals surface area contributed by atoms with Crippen LogP contribution in [0, 0.1) is 5.92 Å². The van der Waals surface area contributed by atoms with E-state index < -0.39 is 0 Å². The van der Waals surface area contributed by atoms with E-state index >= 15 is 0 Å². The summed E-state index contributed by atoms with van der Waals surface area (Å²) in [6.45, 7) is 0.717. The molecule has 1 amide bonds. The van der Waals surface area contributed by atoms with Gasteiger partial charge in [-0.15, -0.1) is 0 Å². The fourth-order valence-corrected chi connectivity index (χ4v) is 2.30. The quantitative estimate of drug-likeness (QED) is 0.639. The van der Waals surface area contributed by atoms with Crippen LogP contribution < -0.4 is 0 Å². The Balaban J connectivity index is 2.00. The van der Waals surface area contributed by atoms with Crippen LogP contribution in [0.2, 0.25) is 0 Å². The molecule has 1 aliphatic carbocycles. The van der Waals surface area contributed by atoms with Crippen LogP contribution in [0.5, 0.6) is 0 Å². The van der Waals surface area contributed by atoms with Crippen molar-refractivity contribution in [2.24, 2.45) is 5.92 Å². The van der Waals surface area contributed by atoms with Gasteiger partial charge in [0.2, 0.25) is 5.91 Å². The number of rotatable bonds is 2. The predicted molar refractivity (Wildman–Crippen MR) is 54.1 cm³/mol. The van der Waals surface area contributed by atoms with E-state index in [-0.39, 0.29) is 23.8 Å². The zero-order chi connectivity index (χ0) is 10.8. The summed E-state index contributed by atoms with van der Waals surface area (Å²) in [6.07, 6.45) is 4.79. The largest absolute Gasteiger partial charge is 0.467 e. The van der Waals surface area contributed by atoms with E-state index in [2.05, 4.69) is 0 Å². The molecule has 4 heteroatoms. The van der Waals surface area contributed by atoms with Crippen LogP contribution in [-0.2, 0) is 14.3 Å². The maximum Gasteiger partial charge on any atom is 0.328 e. The van der Waals surface area contributed by atoms with Gasteiger partial charge in [-0.3, -0.25) is 4.79 Å². The highest BCUT2D eigenvalue weighted by molar-refractivity contribution is 5.86. The Labute approximate surface area is 89.6 Å². The van der Waals surface area contributed by atoms with Gasteiger partial charge in [0.05, 0.1) is 7.11 Å². The van der Waals surface area contributed by atoms with Gasteiger partial charge in [0.25, 0.3) is 0 Å². The van der Waals surface area contributed by atoms with Gasteiger partial charge in [0.1, 0.15) is 6.04 Å². The maximum absolute atomic E-state index is 12.0. The molecule has 0 aromatic carbocycles. The molecule has 2 fully saturated rings. The minimum absolute atomic E-state index is 0.161. The first-order chi connectivity index (χ1) is 7.24. The fourth-order valence-electron chi connectivity index (χ4n) is 2.30. The van der Waals surface area contributed by atoms with Crippen LogP contribution in [0.1, 0.15) is 32.1 Å². The second-order valence-corrected chi connectivity index (χ2v) is 4.34. The number of nitrogens with zero attached hydrogens (tertiary/aromatic N) is 1. The normalized spacial score (nSPS) is 26.2. The molecule has 84 valence electrons. The molecule has 0 spiro atoms. The molecule has 1 aliphatic heterocycles. The van der Waals surface area contributed by atoms with Gasteiger partial charge in [-0.1, -0.05) is 6.42 Å². The van der Waals surface area contributed by atoms with E-state index in [1.807, 2.05) is 0 Å². The van der Waals surface area contributed by atoms with Crippen LogP contribution in [-0.4, -0.2) is 36.5 Å². The Morgan fingerprint density at radius 1 is 1.20 bits per heavy atom. The topological polar surface area (TPSA) is 46.6 Å². The second-order valence-electron chi connectivity index (χ2n) is 4.34. The van der Waals surface area contributed by atoms with Gasteiger partial charge in [0.15, 0.2) is 0 Å². The number of ether oxygens (including phenoxy) is 1. The van der Waals surface area contributed by atoms with Crippen molar-refractivity contribution >= 4 is 11.9 Å². The van der Waals surface area contributed by atoms with Crippen molar-refractivity contribution in [1.82, 2.24) is 4.90 Å². The summed E-state index contributed by atoms with van der Waals surface area (Å²) in [5, 5.41) is 0. The highest BCUT2D eigenvalue weighted by atomic mass is 16.5. The minimum atomic E-state index is -0.317. The lowest BCUT2D eigenvalue weighted by molar-refractivity contribution is -0.153. The highest BCUT2D eigenvalue weighted by Crippen LogP contribution is 2.31. The monoisotopic (exact) mass is 211 g/mol. The van der Waals surface area contributed by atoms with Crippen molar-refractivity contribution in [3.05, 3.63) is 0 Å². The zero-order valence-electron chi connectivity index (χ0n) is 9.07. The van der Waals surface area contributed by atoms with Crippen molar-refractivity contribution in [2.75, 3.05) is 13.7 Å². The van der Waals surface area contributed by atoms with E-state index in [1.54, 1.807) is 4.90 Å². The van der Waals surface area contributed by atoms with Crippen LogP contribution in [0.4, 0.5) is 0 Å². The standard InChI is InChI=1S/C11H17NO3/c1-15-11(14)9-6-3-7-12(9)10(13)8-4-2-5-8/h8-9H,2-7H2,1H3. The second kappa shape index (κ2) is 4.21. The van der Waals surface area contributed by atoms with Gasteiger partial charge < -0.3 is 9.64 Å². The summed E-state index contributed by atoms with van der Waals surface area (Å²) in [5.74, 6) is 0.0737. The zero-order valence-corrected chi connectivity index (χ0v) is 9.07. The molecule has 1 unspecified atom stereocenters.